The van der Waals surface area contributed by atoms with Crippen molar-refractivity contribution in [2.75, 3.05) is 6.26 Å². The zero-order valence-corrected chi connectivity index (χ0v) is 8.17. The van der Waals surface area contributed by atoms with Crippen LogP contribution in [0, 0.1) is 6.92 Å². The Kier molecular flexibility index (Phi) is 3.07. The van der Waals surface area contributed by atoms with Crippen LogP contribution in [-0.4, -0.2) is 27.3 Å². The molecule has 0 fully saturated rings. The monoisotopic (exact) mass is 198 g/mol. The second-order valence-electron chi connectivity index (χ2n) is 2.37. The third kappa shape index (κ3) is 2.32. The van der Waals surface area contributed by atoms with E-state index in [9.17, 15) is 0 Å². The Morgan fingerprint density at radius 2 is 2.31 bits per heavy atom. The molecule has 0 aliphatic carbocycles. The second kappa shape index (κ2) is 4.08. The number of oxime groups is 1. The minimum atomic E-state index is 0.000741. The van der Waals surface area contributed by atoms with Gasteiger partial charge < -0.3 is 10.9 Å². The predicted molar refractivity (Wildman–Crippen MR) is 51.1 cm³/mol. The lowest BCUT2D eigenvalue weighted by molar-refractivity contribution is 0.318. The molecule has 1 heterocycles. The van der Waals surface area contributed by atoms with Crippen LogP contribution in [0.4, 0.5) is 0 Å². The number of hydrogen-bond acceptors (Lipinski definition) is 5. The summed E-state index contributed by atoms with van der Waals surface area (Å²) in [5, 5.41) is 11.9. The summed E-state index contributed by atoms with van der Waals surface area (Å²) in [5.41, 5.74) is 6.62. The van der Waals surface area contributed by atoms with E-state index in [0.717, 1.165) is 5.69 Å². The molecule has 0 aromatic carbocycles. The van der Waals surface area contributed by atoms with Crippen LogP contribution in [0.5, 0.6) is 0 Å². The lowest BCUT2D eigenvalue weighted by Crippen LogP contribution is -2.16. The van der Waals surface area contributed by atoms with Crippen LogP contribution >= 0.6 is 11.8 Å². The molecular formula is C7H10N4OS. The van der Waals surface area contributed by atoms with Gasteiger partial charge in [-0.25, -0.2) is 9.97 Å². The van der Waals surface area contributed by atoms with Crippen molar-refractivity contribution in [2.24, 2.45) is 10.9 Å². The largest absolute Gasteiger partial charge is 0.409 e. The van der Waals surface area contributed by atoms with Crippen molar-refractivity contribution < 1.29 is 5.21 Å². The van der Waals surface area contributed by atoms with Crippen molar-refractivity contribution >= 4 is 17.6 Å². The van der Waals surface area contributed by atoms with Gasteiger partial charge in [-0.15, -0.1) is 0 Å². The van der Waals surface area contributed by atoms with Gasteiger partial charge in [0.05, 0.1) is 0 Å². The normalized spacial score (nSPS) is 11.7. The van der Waals surface area contributed by atoms with Crippen molar-refractivity contribution in [1.82, 2.24) is 9.97 Å². The highest BCUT2D eigenvalue weighted by Gasteiger charge is 2.04. The van der Waals surface area contributed by atoms with Gasteiger partial charge in [-0.1, -0.05) is 16.9 Å². The van der Waals surface area contributed by atoms with Crippen LogP contribution in [0.3, 0.4) is 0 Å². The second-order valence-corrected chi connectivity index (χ2v) is 3.14. The van der Waals surface area contributed by atoms with Crippen LogP contribution in [0.15, 0.2) is 16.4 Å². The van der Waals surface area contributed by atoms with E-state index in [1.807, 2.05) is 13.2 Å². The molecule has 1 rings (SSSR count). The number of nitrogens with two attached hydrogens (primary N) is 1. The number of aryl methyl sites for hydroxylation is 1. The molecule has 0 spiro atoms. The predicted octanol–water partition coefficient (Wildman–Crippen LogP) is 0.601. The van der Waals surface area contributed by atoms with Gasteiger partial charge >= 0.3 is 0 Å². The topological polar surface area (TPSA) is 84.4 Å². The fourth-order valence-corrected chi connectivity index (χ4v) is 1.24. The first kappa shape index (κ1) is 9.79. The van der Waals surface area contributed by atoms with Gasteiger partial charge in [-0.3, -0.25) is 0 Å². The Morgan fingerprint density at radius 1 is 1.62 bits per heavy atom. The number of hydrogen-bond donors (Lipinski definition) is 2. The highest BCUT2D eigenvalue weighted by molar-refractivity contribution is 7.98. The maximum absolute atomic E-state index is 8.44. The Labute approximate surface area is 80.1 Å². The van der Waals surface area contributed by atoms with Crippen molar-refractivity contribution in [2.45, 2.75) is 12.1 Å². The first-order chi connectivity index (χ1) is 6.17. The van der Waals surface area contributed by atoms with E-state index in [2.05, 4.69) is 15.1 Å². The van der Waals surface area contributed by atoms with E-state index >= 15 is 0 Å². The Morgan fingerprint density at radius 3 is 2.85 bits per heavy atom. The minimum Gasteiger partial charge on any atom is -0.409 e. The molecule has 0 unspecified atom stereocenters. The van der Waals surface area contributed by atoms with Crippen LogP contribution < -0.4 is 5.73 Å². The van der Waals surface area contributed by atoms with E-state index in [1.54, 1.807) is 6.07 Å². The minimum absolute atomic E-state index is 0.000741. The van der Waals surface area contributed by atoms with Crippen LogP contribution in [0.1, 0.15) is 11.4 Å². The van der Waals surface area contributed by atoms with Crippen LogP contribution in [0.2, 0.25) is 0 Å². The van der Waals surface area contributed by atoms with Crippen molar-refractivity contribution in [3.8, 4) is 0 Å². The molecule has 0 radical (unpaired) electrons. The van der Waals surface area contributed by atoms with E-state index < -0.39 is 0 Å². The average Bonchev–Trinajstić information content (AvgIpc) is 2.15. The molecule has 0 saturated carbocycles. The molecular weight excluding hydrogens is 188 g/mol. The van der Waals surface area contributed by atoms with Gasteiger partial charge in [0.25, 0.3) is 0 Å². The highest BCUT2D eigenvalue weighted by Crippen LogP contribution is 2.09. The van der Waals surface area contributed by atoms with Crippen molar-refractivity contribution in [3.63, 3.8) is 0 Å². The summed E-state index contributed by atoms with van der Waals surface area (Å²) in [5.74, 6) is 0.000741. The molecule has 0 bridgehead atoms. The van der Waals surface area contributed by atoms with Crippen LogP contribution in [0.25, 0.3) is 0 Å². The van der Waals surface area contributed by atoms with E-state index in [4.69, 9.17) is 10.9 Å². The Balaban J connectivity index is 3.16. The molecule has 13 heavy (non-hydrogen) atoms. The van der Waals surface area contributed by atoms with E-state index in [-0.39, 0.29) is 5.84 Å². The summed E-state index contributed by atoms with van der Waals surface area (Å²) in [7, 11) is 0. The molecule has 0 atom stereocenters. The number of thioether (sulfide) groups is 1. The molecule has 0 saturated heterocycles. The third-order valence-electron chi connectivity index (χ3n) is 1.39. The van der Waals surface area contributed by atoms with Gasteiger partial charge in [0, 0.05) is 5.69 Å². The summed E-state index contributed by atoms with van der Waals surface area (Å²) < 4.78 is 0. The fraction of sp³-hybridized carbons (Fsp3) is 0.286. The molecule has 6 heteroatoms. The average molecular weight is 198 g/mol. The summed E-state index contributed by atoms with van der Waals surface area (Å²) >= 11 is 1.41. The lowest BCUT2D eigenvalue weighted by atomic mass is 10.3. The van der Waals surface area contributed by atoms with Gasteiger partial charge in [-0.2, -0.15) is 0 Å². The number of aromatic nitrogens is 2. The first-order valence-corrected chi connectivity index (χ1v) is 4.77. The Hall–Kier alpha value is -1.30. The molecule has 5 nitrogen and oxygen atoms in total. The lowest BCUT2D eigenvalue weighted by Gasteiger charge is -2.01. The quantitative estimate of drug-likeness (QED) is 0.181. The van der Waals surface area contributed by atoms with Gasteiger partial charge in [-0.05, 0) is 19.2 Å². The molecule has 0 aliphatic rings. The van der Waals surface area contributed by atoms with E-state index in [1.165, 1.54) is 11.8 Å². The van der Waals surface area contributed by atoms with E-state index in [0.29, 0.717) is 10.9 Å². The SMILES string of the molecule is CSc1nc(C)cc(/C(N)=N/O)n1. The molecule has 0 aliphatic heterocycles. The maximum atomic E-state index is 8.44. The summed E-state index contributed by atoms with van der Waals surface area (Å²) in [6.45, 7) is 1.83. The van der Waals surface area contributed by atoms with Gasteiger partial charge in [0.15, 0.2) is 11.0 Å². The van der Waals surface area contributed by atoms with Crippen LogP contribution in [-0.2, 0) is 0 Å². The fourth-order valence-electron chi connectivity index (χ4n) is 0.815. The molecule has 0 amide bonds. The number of rotatable bonds is 2. The molecule has 1 aromatic rings. The molecule has 1 aromatic heterocycles. The molecule has 3 N–H and O–H groups in total. The third-order valence-corrected chi connectivity index (χ3v) is 1.93. The zero-order valence-electron chi connectivity index (χ0n) is 7.35. The summed E-state index contributed by atoms with van der Waals surface area (Å²) in [6.07, 6.45) is 1.87. The number of amidine groups is 1. The van der Waals surface area contributed by atoms with Gasteiger partial charge in [0.2, 0.25) is 0 Å². The van der Waals surface area contributed by atoms with Gasteiger partial charge in [0.1, 0.15) is 5.69 Å². The first-order valence-electron chi connectivity index (χ1n) is 3.55. The molecule has 70 valence electrons. The summed E-state index contributed by atoms with van der Waals surface area (Å²) in [4.78, 5) is 8.19. The standard InChI is InChI=1S/C7H10N4OS/c1-4-3-5(6(8)11-12)10-7(9-4)13-2/h3,12H,1-2H3,(H2,8,11). The van der Waals surface area contributed by atoms with Crippen molar-refractivity contribution in [3.05, 3.63) is 17.5 Å². The summed E-state index contributed by atoms with van der Waals surface area (Å²) in [6, 6.07) is 1.66. The number of nitrogens with zero attached hydrogens (tertiary/aromatic N) is 3. The maximum Gasteiger partial charge on any atom is 0.188 e. The highest BCUT2D eigenvalue weighted by atomic mass is 32.2. The Bertz CT molecular complexity index is 339. The zero-order chi connectivity index (χ0) is 9.84. The smallest absolute Gasteiger partial charge is 0.188 e. The van der Waals surface area contributed by atoms with Crippen molar-refractivity contribution in [1.29, 1.82) is 0 Å².